The summed E-state index contributed by atoms with van der Waals surface area (Å²) in [6.45, 7) is 2.05. The lowest BCUT2D eigenvalue weighted by Gasteiger charge is -2.18. The zero-order valence-electron chi connectivity index (χ0n) is 14.9. The Balaban J connectivity index is 2.09. The fourth-order valence-electron chi connectivity index (χ4n) is 2.25. The van der Waals surface area contributed by atoms with Crippen molar-refractivity contribution in [2.24, 2.45) is 0 Å². The Morgan fingerprint density at radius 2 is 1.77 bits per heavy atom. The summed E-state index contributed by atoms with van der Waals surface area (Å²) < 4.78 is 10.6. The van der Waals surface area contributed by atoms with Crippen LogP contribution in [-0.4, -0.2) is 30.5 Å². The van der Waals surface area contributed by atoms with Crippen LogP contribution in [-0.2, 0) is 14.3 Å². The van der Waals surface area contributed by atoms with Crippen molar-refractivity contribution in [3.05, 3.63) is 60.2 Å². The molecule has 2 aromatic carbocycles. The molecule has 26 heavy (non-hydrogen) atoms. The Bertz CT molecular complexity index is 704. The van der Waals surface area contributed by atoms with Gasteiger partial charge in [-0.05, 0) is 36.4 Å². The van der Waals surface area contributed by atoms with Crippen LogP contribution in [0.1, 0.15) is 25.0 Å². The lowest BCUT2D eigenvalue weighted by Crippen LogP contribution is -2.26. The predicted octanol–water partition coefficient (Wildman–Crippen LogP) is 4.06. The zero-order valence-corrected chi connectivity index (χ0v) is 15.8. The van der Waals surface area contributed by atoms with Crippen molar-refractivity contribution < 1.29 is 19.1 Å². The second-order valence-electron chi connectivity index (χ2n) is 5.55. The van der Waals surface area contributed by atoms with E-state index in [1.807, 2.05) is 25.1 Å². The van der Waals surface area contributed by atoms with Crippen LogP contribution in [0, 0.1) is 0 Å². The molecule has 0 aromatic heterocycles. The molecule has 1 atom stereocenters. The third-order valence-corrected chi connectivity index (χ3v) is 4.65. The van der Waals surface area contributed by atoms with Gasteiger partial charge in [-0.1, -0.05) is 37.3 Å². The molecular weight excluding hydrogens is 350 g/mol. The van der Waals surface area contributed by atoms with Gasteiger partial charge in [0, 0.05) is 11.3 Å². The van der Waals surface area contributed by atoms with Gasteiger partial charge < -0.3 is 14.8 Å². The Morgan fingerprint density at radius 1 is 1.08 bits per heavy atom. The third kappa shape index (κ3) is 6.11. The first-order valence-electron chi connectivity index (χ1n) is 8.41. The first-order valence-corrected chi connectivity index (χ1v) is 9.56. The van der Waals surface area contributed by atoms with Crippen LogP contribution < -0.4 is 10.1 Å². The molecule has 6 heteroatoms. The highest BCUT2D eigenvalue weighted by Gasteiger charge is 2.25. The summed E-state index contributed by atoms with van der Waals surface area (Å²) in [6.07, 6.45) is -0.00842. The van der Waals surface area contributed by atoms with Crippen molar-refractivity contribution >= 4 is 29.3 Å². The number of ether oxygens (including phenoxy) is 2. The average molecular weight is 373 g/mol. The quantitative estimate of drug-likeness (QED) is 0.530. The SMILES string of the molecule is CCCSCC(=O)O[C@@H](C(=O)Nc1ccc(OC)cc1)c1ccccc1. The molecule has 138 valence electrons. The highest BCUT2D eigenvalue weighted by Crippen LogP contribution is 2.22. The molecule has 0 heterocycles. The monoisotopic (exact) mass is 373 g/mol. The van der Waals surface area contributed by atoms with Crippen molar-refractivity contribution in [2.45, 2.75) is 19.4 Å². The minimum atomic E-state index is -0.993. The van der Waals surface area contributed by atoms with Gasteiger partial charge >= 0.3 is 5.97 Å². The second-order valence-corrected chi connectivity index (χ2v) is 6.66. The van der Waals surface area contributed by atoms with Crippen LogP contribution in [0.25, 0.3) is 0 Å². The number of hydrogen-bond donors (Lipinski definition) is 1. The van der Waals surface area contributed by atoms with E-state index in [0.717, 1.165) is 12.2 Å². The van der Waals surface area contributed by atoms with E-state index in [1.54, 1.807) is 43.5 Å². The number of anilines is 1. The van der Waals surface area contributed by atoms with E-state index < -0.39 is 18.0 Å². The lowest BCUT2D eigenvalue weighted by atomic mass is 10.1. The normalized spacial score (nSPS) is 11.5. The van der Waals surface area contributed by atoms with Gasteiger partial charge in [-0.25, -0.2) is 0 Å². The van der Waals surface area contributed by atoms with Crippen LogP contribution >= 0.6 is 11.8 Å². The summed E-state index contributed by atoms with van der Waals surface area (Å²) >= 11 is 1.50. The van der Waals surface area contributed by atoms with E-state index in [0.29, 0.717) is 17.0 Å². The van der Waals surface area contributed by atoms with Gasteiger partial charge in [-0.15, -0.1) is 0 Å². The molecule has 0 aliphatic rings. The van der Waals surface area contributed by atoms with Crippen LogP contribution in [0.5, 0.6) is 5.75 Å². The van der Waals surface area contributed by atoms with Crippen molar-refractivity contribution in [1.29, 1.82) is 0 Å². The van der Waals surface area contributed by atoms with Crippen molar-refractivity contribution in [3.63, 3.8) is 0 Å². The second kappa shape index (κ2) is 10.5. The van der Waals surface area contributed by atoms with Gasteiger partial charge in [0.05, 0.1) is 12.9 Å². The molecule has 0 spiro atoms. The molecule has 0 aliphatic carbocycles. The maximum atomic E-state index is 12.7. The molecule has 5 nitrogen and oxygen atoms in total. The molecule has 0 aliphatic heterocycles. The summed E-state index contributed by atoms with van der Waals surface area (Å²) in [4.78, 5) is 24.8. The maximum Gasteiger partial charge on any atom is 0.317 e. The first kappa shape index (κ1) is 19.8. The Labute approximate surface area is 158 Å². The highest BCUT2D eigenvalue weighted by atomic mass is 32.2. The van der Waals surface area contributed by atoms with Crippen LogP contribution in [0.15, 0.2) is 54.6 Å². The Kier molecular flexibility index (Phi) is 8.02. The lowest BCUT2D eigenvalue weighted by molar-refractivity contribution is -0.152. The molecule has 2 aromatic rings. The van der Waals surface area contributed by atoms with Crippen LogP contribution in [0.3, 0.4) is 0 Å². The summed E-state index contributed by atoms with van der Waals surface area (Å²) in [6, 6.07) is 16.0. The molecule has 0 unspecified atom stereocenters. The van der Waals surface area contributed by atoms with Crippen molar-refractivity contribution in [3.8, 4) is 5.75 Å². The Morgan fingerprint density at radius 3 is 2.38 bits per heavy atom. The summed E-state index contributed by atoms with van der Waals surface area (Å²) in [7, 11) is 1.58. The smallest absolute Gasteiger partial charge is 0.317 e. The van der Waals surface area contributed by atoms with Crippen LogP contribution in [0.2, 0.25) is 0 Å². The van der Waals surface area contributed by atoms with Gasteiger partial charge in [-0.3, -0.25) is 9.59 Å². The van der Waals surface area contributed by atoms with Gasteiger partial charge in [0.15, 0.2) is 0 Å². The van der Waals surface area contributed by atoms with Crippen molar-refractivity contribution in [2.75, 3.05) is 23.9 Å². The summed E-state index contributed by atoms with van der Waals surface area (Å²) in [5, 5.41) is 2.79. The number of amides is 1. The number of nitrogens with one attached hydrogen (secondary N) is 1. The number of rotatable bonds is 9. The average Bonchev–Trinajstić information content (AvgIpc) is 2.67. The van der Waals surface area contributed by atoms with Gasteiger partial charge in [0.2, 0.25) is 6.10 Å². The van der Waals surface area contributed by atoms with Crippen molar-refractivity contribution in [1.82, 2.24) is 0 Å². The number of hydrogen-bond acceptors (Lipinski definition) is 5. The molecule has 0 bridgehead atoms. The molecule has 1 N–H and O–H groups in total. The number of carbonyl (C=O) groups excluding carboxylic acids is 2. The third-order valence-electron chi connectivity index (χ3n) is 3.52. The number of methoxy groups -OCH3 is 1. The topological polar surface area (TPSA) is 64.6 Å². The minimum absolute atomic E-state index is 0.229. The molecular formula is C20H23NO4S. The van der Waals surface area contributed by atoms with E-state index in [-0.39, 0.29) is 5.75 Å². The molecule has 1 amide bonds. The van der Waals surface area contributed by atoms with Gasteiger partial charge in [0.1, 0.15) is 5.75 Å². The number of carbonyl (C=O) groups is 2. The van der Waals surface area contributed by atoms with E-state index in [2.05, 4.69) is 5.32 Å². The number of thioether (sulfide) groups is 1. The van der Waals surface area contributed by atoms with E-state index in [1.165, 1.54) is 11.8 Å². The first-order chi connectivity index (χ1) is 12.6. The largest absolute Gasteiger partial charge is 0.497 e. The minimum Gasteiger partial charge on any atom is -0.497 e. The standard InChI is InChI=1S/C20H23NO4S/c1-3-13-26-14-18(22)25-19(15-7-5-4-6-8-15)20(23)21-16-9-11-17(24-2)12-10-16/h4-12,19H,3,13-14H2,1-2H3,(H,21,23)/t19-/m1/s1. The zero-order chi connectivity index (χ0) is 18.8. The highest BCUT2D eigenvalue weighted by molar-refractivity contribution is 7.99. The molecule has 0 saturated heterocycles. The van der Waals surface area contributed by atoms with E-state index in [4.69, 9.17) is 9.47 Å². The molecule has 2 rings (SSSR count). The fraction of sp³-hybridized carbons (Fsp3) is 0.300. The van der Waals surface area contributed by atoms with Crippen LogP contribution in [0.4, 0.5) is 5.69 Å². The summed E-state index contributed by atoms with van der Waals surface area (Å²) in [5.41, 5.74) is 1.24. The summed E-state index contributed by atoms with van der Waals surface area (Å²) in [5.74, 6) is 1.01. The van der Waals surface area contributed by atoms with Gasteiger partial charge in [0.25, 0.3) is 5.91 Å². The fourth-order valence-corrected chi connectivity index (χ4v) is 2.92. The molecule has 0 saturated carbocycles. The Hall–Kier alpha value is -2.47. The van der Waals surface area contributed by atoms with E-state index in [9.17, 15) is 9.59 Å². The number of benzene rings is 2. The predicted molar refractivity (Wildman–Crippen MR) is 105 cm³/mol. The molecule has 0 radical (unpaired) electrons. The number of esters is 1. The maximum absolute atomic E-state index is 12.7. The van der Waals surface area contributed by atoms with Gasteiger partial charge in [-0.2, -0.15) is 11.8 Å². The van der Waals surface area contributed by atoms with E-state index >= 15 is 0 Å². The molecule has 0 fully saturated rings.